The Labute approximate surface area is 119 Å². The van der Waals surface area contributed by atoms with E-state index in [4.69, 9.17) is 10.5 Å². The number of benzene rings is 1. The zero-order valence-corrected chi connectivity index (χ0v) is 13.0. The Morgan fingerprint density at radius 2 is 2.11 bits per heavy atom. The smallest absolute Gasteiger partial charge is 0.122 e. The minimum atomic E-state index is 0.540. The lowest BCUT2D eigenvalue weighted by Gasteiger charge is -2.19. The van der Waals surface area contributed by atoms with E-state index in [1.165, 1.54) is 5.56 Å². The lowest BCUT2D eigenvalue weighted by Crippen LogP contribution is -2.06. The first-order valence-corrected chi connectivity index (χ1v) is 7.64. The SMILES string of the molecule is CCCOc1ccc(Br)cc1C(CC)CCCN. The molecule has 0 bridgehead atoms. The van der Waals surface area contributed by atoms with Crippen LogP contribution in [0.2, 0.25) is 0 Å². The summed E-state index contributed by atoms with van der Waals surface area (Å²) in [5.74, 6) is 1.57. The van der Waals surface area contributed by atoms with Crippen LogP contribution < -0.4 is 10.5 Å². The highest BCUT2D eigenvalue weighted by molar-refractivity contribution is 9.10. The first-order chi connectivity index (χ1) is 8.72. The number of ether oxygens (including phenoxy) is 1. The molecule has 0 spiro atoms. The normalized spacial score (nSPS) is 12.4. The van der Waals surface area contributed by atoms with Crippen molar-refractivity contribution < 1.29 is 4.74 Å². The summed E-state index contributed by atoms with van der Waals surface area (Å²) < 4.78 is 6.97. The first kappa shape index (κ1) is 15.5. The van der Waals surface area contributed by atoms with Gasteiger partial charge in [0, 0.05) is 4.47 Å². The molecule has 0 aliphatic rings. The van der Waals surface area contributed by atoms with Gasteiger partial charge in [0.1, 0.15) is 5.75 Å². The van der Waals surface area contributed by atoms with E-state index in [2.05, 4.69) is 41.9 Å². The lowest BCUT2D eigenvalue weighted by molar-refractivity contribution is 0.311. The van der Waals surface area contributed by atoms with E-state index in [1.807, 2.05) is 6.07 Å². The van der Waals surface area contributed by atoms with Gasteiger partial charge in [0.2, 0.25) is 0 Å². The summed E-state index contributed by atoms with van der Waals surface area (Å²) in [7, 11) is 0. The highest BCUT2D eigenvalue weighted by Crippen LogP contribution is 2.34. The maximum absolute atomic E-state index is 5.85. The molecule has 0 saturated heterocycles. The Morgan fingerprint density at radius 3 is 2.72 bits per heavy atom. The van der Waals surface area contributed by atoms with Crippen LogP contribution in [0, 0.1) is 0 Å². The quantitative estimate of drug-likeness (QED) is 0.768. The summed E-state index contributed by atoms with van der Waals surface area (Å²) in [6.07, 6.45) is 4.36. The summed E-state index contributed by atoms with van der Waals surface area (Å²) in [4.78, 5) is 0. The van der Waals surface area contributed by atoms with Crippen molar-refractivity contribution in [2.45, 2.75) is 45.4 Å². The predicted molar refractivity (Wildman–Crippen MR) is 81.2 cm³/mol. The van der Waals surface area contributed by atoms with Gasteiger partial charge in [-0.3, -0.25) is 0 Å². The van der Waals surface area contributed by atoms with E-state index in [1.54, 1.807) is 0 Å². The third-order valence-electron chi connectivity index (χ3n) is 3.12. The molecule has 18 heavy (non-hydrogen) atoms. The molecule has 0 saturated carbocycles. The van der Waals surface area contributed by atoms with E-state index in [0.717, 1.165) is 49.1 Å². The molecule has 1 aromatic rings. The molecule has 0 heterocycles. The largest absolute Gasteiger partial charge is 0.493 e. The van der Waals surface area contributed by atoms with E-state index in [-0.39, 0.29) is 0 Å². The second-order valence-corrected chi connectivity index (χ2v) is 5.48. The molecule has 1 unspecified atom stereocenters. The van der Waals surface area contributed by atoms with E-state index >= 15 is 0 Å². The lowest BCUT2D eigenvalue weighted by atomic mass is 9.91. The number of rotatable bonds is 8. The van der Waals surface area contributed by atoms with Gasteiger partial charge in [-0.15, -0.1) is 0 Å². The third-order valence-corrected chi connectivity index (χ3v) is 3.62. The van der Waals surface area contributed by atoms with Gasteiger partial charge in [0.25, 0.3) is 0 Å². The molecule has 2 nitrogen and oxygen atoms in total. The molecule has 1 aromatic carbocycles. The molecular weight excluding hydrogens is 290 g/mol. The van der Waals surface area contributed by atoms with Crippen LogP contribution in [-0.2, 0) is 0 Å². The first-order valence-electron chi connectivity index (χ1n) is 6.85. The molecule has 102 valence electrons. The van der Waals surface area contributed by atoms with Crippen LogP contribution in [0.15, 0.2) is 22.7 Å². The summed E-state index contributed by atoms with van der Waals surface area (Å²) in [5.41, 5.74) is 6.93. The summed E-state index contributed by atoms with van der Waals surface area (Å²) in [6.45, 7) is 5.90. The van der Waals surface area contributed by atoms with Crippen LogP contribution in [0.5, 0.6) is 5.75 Å². The fourth-order valence-corrected chi connectivity index (χ4v) is 2.50. The van der Waals surface area contributed by atoms with E-state index < -0.39 is 0 Å². The van der Waals surface area contributed by atoms with Crippen LogP contribution in [0.3, 0.4) is 0 Å². The minimum Gasteiger partial charge on any atom is -0.493 e. The van der Waals surface area contributed by atoms with Gasteiger partial charge in [-0.1, -0.05) is 29.8 Å². The minimum absolute atomic E-state index is 0.540. The summed E-state index contributed by atoms with van der Waals surface area (Å²) in [6, 6.07) is 6.31. The Hall–Kier alpha value is -0.540. The number of halogens is 1. The second kappa shape index (κ2) is 8.54. The molecule has 0 fully saturated rings. The van der Waals surface area contributed by atoms with E-state index in [9.17, 15) is 0 Å². The topological polar surface area (TPSA) is 35.2 Å². The number of hydrogen-bond acceptors (Lipinski definition) is 2. The number of nitrogens with two attached hydrogens (primary N) is 1. The van der Waals surface area contributed by atoms with Crippen molar-refractivity contribution in [3.05, 3.63) is 28.2 Å². The highest BCUT2D eigenvalue weighted by atomic mass is 79.9. The molecule has 2 N–H and O–H groups in total. The Kier molecular flexibility index (Phi) is 7.36. The zero-order chi connectivity index (χ0) is 13.4. The van der Waals surface area contributed by atoms with Crippen molar-refractivity contribution in [3.63, 3.8) is 0 Å². The van der Waals surface area contributed by atoms with Gasteiger partial charge in [0.05, 0.1) is 6.61 Å². The van der Waals surface area contributed by atoms with Gasteiger partial charge in [-0.05, 0) is 61.9 Å². The van der Waals surface area contributed by atoms with Crippen molar-refractivity contribution in [1.82, 2.24) is 0 Å². The summed E-state index contributed by atoms with van der Waals surface area (Å²) in [5, 5.41) is 0. The van der Waals surface area contributed by atoms with Gasteiger partial charge in [0.15, 0.2) is 0 Å². The maximum atomic E-state index is 5.85. The van der Waals surface area contributed by atoms with E-state index in [0.29, 0.717) is 5.92 Å². The fraction of sp³-hybridized carbons (Fsp3) is 0.600. The van der Waals surface area contributed by atoms with Crippen molar-refractivity contribution in [2.75, 3.05) is 13.2 Å². The van der Waals surface area contributed by atoms with Crippen LogP contribution in [0.25, 0.3) is 0 Å². The van der Waals surface area contributed by atoms with Crippen molar-refractivity contribution >= 4 is 15.9 Å². The summed E-state index contributed by atoms with van der Waals surface area (Å²) >= 11 is 3.55. The molecule has 0 aromatic heterocycles. The van der Waals surface area contributed by atoms with Gasteiger partial charge in [-0.25, -0.2) is 0 Å². The van der Waals surface area contributed by atoms with Crippen LogP contribution in [0.1, 0.15) is 51.0 Å². The molecule has 0 amide bonds. The molecule has 0 aliphatic heterocycles. The average Bonchev–Trinajstić information content (AvgIpc) is 2.38. The molecule has 0 aliphatic carbocycles. The van der Waals surface area contributed by atoms with Crippen LogP contribution in [0.4, 0.5) is 0 Å². The Balaban J connectivity index is 2.90. The van der Waals surface area contributed by atoms with Crippen molar-refractivity contribution in [2.24, 2.45) is 5.73 Å². The Bertz CT molecular complexity index is 354. The molecule has 1 atom stereocenters. The van der Waals surface area contributed by atoms with Crippen LogP contribution >= 0.6 is 15.9 Å². The zero-order valence-electron chi connectivity index (χ0n) is 11.4. The third kappa shape index (κ3) is 4.62. The Morgan fingerprint density at radius 1 is 1.33 bits per heavy atom. The monoisotopic (exact) mass is 313 g/mol. The van der Waals surface area contributed by atoms with Gasteiger partial charge < -0.3 is 10.5 Å². The number of hydrogen-bond donors (Lipinski definition) is 1. The predicted octanol–water partition coefficient (Wildman–Crippen LogP) is 4.47. The van der Waals surface area contributed by atoms with Gasteiger partial charge in [-0.2, -0.15) is 0 Å². The highest BCUT2D eigenvalue weighted by Gasteiger charge is 2.14. The standard InChI is InChI=1S/C15H24BrNO/c1-3-10-18-15-8-7-13(16)11-14(15)12(4-2)6-5-9-17/h7-8,11-12H,3-6,9-10,17H2,1-2H3. The average molecular weight is 314 g/mol. The maximum Gasteiger partial charge on any atom is 0.122 e. The molecule has 0 radical (unpaired) electrons. The second-order valence-electron chi connectivity index (χ2n) is 4.57. The van der Waals surface area contributed by atoms with Crippen molar-refractivity contribution in [1.29, 1.82) is 0 Å². The van der Waals surface area contributed by atoms with Gasteiger partial charge >= 0.3 is 0 Å². The van der Waals surface area contributed by atoms with Crippen molar-refractivity contribution in [3.8, 4) is 5.75 Å². The van der Waals surface area contributed by atoms with Crippen LogP contribution in [-0.4, -0.2) is 13.2 Å². The molecular formula is C15H24BrNO. The fourth-order valence-electron chi connectivity index (χ4n) is 2.13. The molecule has 1 rings (SSSR count). The molecule has 3 heteroatoms.